The Balaban J connectivity index is 1.68. The predicted octanol–water partition coefficient (Wildman–Crippen LogP) is 4.33. The van der Waals surface area contributed by atoms with Crippen LogP contribution < -0.4 is 5.43 Å². The number of rotatable bonds is 5. The van der Waals surface area contributed by atoms with Crippen LogP contribution in [-0.4, -0.2) is 24.7 Å². The summed E-state index contributed by atoms with van der Waals surface area (Å²) < 4.78 is 0. The minimum absolute atomic E-state index is 0.800. The maximum atomic E-state index is 4.62. The first-order valence-corrected chi connectivity index (χ1v) is 8.68. The normalized spacial score (nSPS) is 17.6. The third kappa shape index (κ3) is 4.04. The first-order chi connectivity index (χ1) is 11.2. The van der Waals surface area contributed by atoms with E-state index in [0.717, 1.165) is 25.8 Å². The van der Waals surface area contributed by atoms with Crippen LogP contribution in [0.5, 0.6) is 0 Å². The van der Waals surface area contributed by atoms with Crippen molar-refractivity contribution in [3.63, 3.8) is 0 Å². The molecule has 0 bridgehead atoms. The topological polar surface area (TPSA) is 27.6 Å². The molecular formula is C20H27N3. The molecule has 2 aliphatic carbocycles. The average Bonchev–Trinajstić information content (AvgIpc) is 3.06. The molecule has 0 atom stereocenters. The van der Waals surface area contributed by atoms with Gasteiger partial charge in [0.2, 0.25) is 0 Å². The van der Waals surface area contributed by atoms with Crippen molar-refractivity contribution in [1.82, 2.24) is 10.3 Å². The van der Waals surface area contributed by atoms with Gasteiger partial charge in [0.25, 0.3) is 0 Å². The van der Waals surface area contributed by atoms with Crippen LogP contribution in [0.4, 0.5) is 0 Å². The van der Waals surface area contributed by atoms with Crippen LogP contribution >= 0.6 is 0 Å². The third-order valence-corrected chi connectivity index (χ3v) is 4.67. The minimum Gasteiger partial charge on any atom is -0.378 e. The Hall–Kier alpha value is -2.03. The highest BCUT2D eigenvalue weighted by atomic mass is 15.3. The molecule has 0 aliphatic heterocycles. The Morgan fingerprint density at radius 2 is 1.87 bits per heavy atom. The first kappa shape index (κ1) is 15.9. The van der Waals surface area contributed by atoms with Crippen molar-refractivity contribution >= 4 is 11.3 Å². The number of hydrazone groups is 1. The molecule has 1 saturated carbocycles. The summed E-state index contributed by atoms with van der Waals surface area (Å²) in [6.07, 6.45) is 11.9. The second kappa shape index (κ2) is 7.49. The van der Waals surface area contributed by atoms with E-state index >= 15 is 0 Å². The smallest absolute Gasteiger partial charge is 0.0585 e. The minimum atomic E-state index is 0.800. The Bertz CT molecular complexity index is 630. The summed E-state index contributed by atoms with van der Waals surface area (Å²) >= 11 is 0. The molecule has 0 unspecified atom stereocenters. The molecule has 0 aromatic heterocycles. The fourth-order valence-corrected chi connectivity index (χ4v) is 3.31. The highest BCUT2D eigenvalue weighted by molar-refractivity contribution is 5.84. The molecule has 1 aromatic carbocycles. The van der Waals surface area contributed by atoms with E-state index in [1.165, 1.54) is 47.4 Å². The third-order valence-electron chi connectivity index (χ3n) is 4.67. The zero-order valence-corrected chi connectivity index (χ0v) is 14.3. The van der Waals surface area contributed by atoms with Crippen LogP contribution in [0.3, 0.4) is 0 Å². The van der Waals surface area contributed by atoms with E-state index in [2.05, 4.69) is 65.9 Å². The van der Waals surface area contributed by atoms with Crippen molar-refractivity contribution in [3.8, 4) is 0 Å². The van der Waals surface area contributed by atoms with Crippen LogP contribution in [0.1, 0.15) is 49.7 Å². The van der Waals surface area contributed by atoms with Crippen LogP contribution in [0.15, 0.2) is 47.2 Å². The molecule has 2 aliphatic rings. The van der Waals surface area contributed by atoms with Crippen molar-refractivity contribution in [1.29, 1.82) is 0 Å². The lowest BCUT2D eigenvalue weighted by Gasteiger charge is -2.14. The molecule has 1 fully saturated rings. The van der Waals surface area contributed by atoms with E-state index in [1.807, 2.05) is 0 Å². The quantitative estimate of drug-likeness (QED) is 0.820. The van der Waals surface area contributed by atoms with Crippen LogP contribution in [0, 0.1) is 0 Å². The number of nitrogens with zero attached hydrogens (tertiary/aromatic N) is 2. The Labute approximate surface area is 139 Å². The van der Waals surface area contributed by atoms with E-state index in [-0.39, 0.29) is 0 Å². The van der Waals surface area contributed by atoms with Gasteiger partial charge in [0, 0.05) is 25.5 Å². The fourth-order valence-electron chi connectivity index (χ4n) is 3.31. The van der Waals surface area contributed by atoms with Crippen molar-refractivity contribution < 1.29 is 0 Å². The zero-order chi connectivity index (χ0) is 16.1. The lowest BCUT2D eigenvalue weighted by molar-refractivity contribution is 0.531. The van der Waals surface area contributed by atoms with E-state index in [4.69, 9.17) is 0 Å². The van der Waals surface area contributed by atoms with Gasteiger partial charge >= 0.3 is 0 Å². The Morgan fingerprint density at radius 3 is 2.61 bits per heavy atom. The number of nitrogens with one attached hydrogen (secondary N) is 1. The average molecular weight is 309 g/mol. The van der Waals surface area contributed by atoms with E-state index in [0.29, 0.717) is 0 Å². The standard InChI is InChI=1S/C20H27N3/c1-23(2)19-13-12-16(14-19)20-11-7-6-8-17(20)15-21-22-18-9-4-3-5-10-18/h6-8,11,13-14,21H,3-5,9-10,12,15H2,1-2H3. The summed E-state index contributed by atoms with van der Waals surface area (Å²) in [5, 5.41) is 4.62. The lowest BCUT2D eigenvalue weighted by atomic mass is 9.98. The van der Waals surface area contributed by atoms with Crippen molar-refractivity contribution in [2.45, 2.75) is 45.1 Å². The second-order valence-corrected chi connectivity index (χ2v) is 6.63. The Kier molecular flexibility index (Phi) is 5.16. The van der Waals surface area contributed by atoms with Gasteiger partial charge in [-0.05, 0) is 54.9 Å². The van der Waals surface area contributed by atoms with E-state index in [9.17, 15) is 0 Å². The number of hydrogen-bond donors (Lipinski definition) is 1. The number of likely N-dealkylation sites (N-methyl/N-ethyl adjacent to an activating group) is 1. The molecule has 0 amide bonds. The fraction of sp³-hybridized carbons (Fsp3) is 0.450. The molecule has 3 nitrogen and oxygen atoms in total. The van der Waals surface area contributed by atoms with E-state index < -0.39 is 0 Å². The summed E-state index contributed by atoms with van der Waals surface area (Å²) in [6.45, 7) is 0.800. The molecule has 1 aromatic rings. The van der Waals surface area contributed by atoms with Crippen molar-refractivity contribution in [3.05, 3.63) is 53.2 Å². The molecule has 0 spiro atoms. The van der Waals surface area contributed by atoms with Crippen LogP contribution in [-0.2, 0) is 6.54 Å². The lowest BCUT2D eigenvalue weighted by Crippen LogP contribution is -2.13. The summed E-state index contributed by atoms with van der Waals surface area (Å²) in [5.74, 6) is 0. The van der Waals surface area contributed by atoms with Crippen LogP contribution in [0.25, 0.3) is 5.57 Å². The van der Waals surface area contributed by atoms with Gasteiger partial charge < -0.3 is 10.3 Å². The molecule has 1 N–H and O–H groups in total. The summed E-state index contributed by atoms with van der Waals surface area (Å²) in [5.41, 5.74) is 10.0. The molecule has 3 rings (SSSR count). The van der Waals surface area contributed by atoms with Gasteiger partial charge in [-0.2, -0.15) is 5.10 Å². The SMILES string of the molecule is CN(C)C1=CCC(c2ccccc2CNN=C2CCCCC2)=C1. The molecule has 0 saturated heterocycles. The van der Waals surface area contributed by atoms with Crippen LogP contribution in [0.2, 0.25) is 0 Å². The number of hydrogen-bond acceptors (Lipinski definition) is 3. The molecule has 0 radical (unpaired) electrons. The monoisotopic (exact) mass is 309 g/mol. The first-order valence-electron chi connectivity index (χ1n) is 8.68. The number of benzene rings is 1. The second-order valence-electron chi connectivity index (χ2n) is 6.63. The van der Waals surface area contributed by atoms with Gasteiger partial charge in [-0.3, -0.25) is 0 Å². The number of allylic oxidation sites excluding steroid dienone is 3. The van der Waals surface area contributed by atoms with Gasteiger partial charge in [0.05, 0.1) is 6.54 Å². The van der Waals surface area contributed by atoms with Gasteiger partial charge in [-0.15, -0.1) is 0 Å². The highest BCUT2D eigenvalue weighted by Crippen LogP contribution is 2.30. The molecular weight excluding hydrogens is 282 g/mol. The zero-order valence-electron chi connectivity index (χ0n) is 14.3. The predicted molar refractivity (Wildman–Crippen MR) is 98.2 cm³/mol. The van der Waals surface area contributed by atoms with Crippen molar-refractivity contribution in [2.24, 2.45) is 5.10 Å². The van der Waals surface area contributed by atoms with Crippen molar-refractivity contribution in [2.75, 3.05) is 14.1 Å². The maximum Gasteiger partial charge on any atom is 0.0585 e. The maximum absolute atomic E-state index is 4.62. The molecule has 3 heteroatoms. The largest absolute Gasteiger partial charge is 0.378 e. The molecule has 122 valence electrons. The summed E-state index contributed by atoms with van der Waals surface area (Å²) in [4.78, 5) is 2.17. The Morgan fingerprint density at radius 1 is 1.09 bits per heavy atom. The summed E-state index contributed by atoms with van der Waals surface area (Å²) in [7, 11) is 4.19. The van der Waals surface area contributed by atoms with E-state index in [1.54, 1.807) is 0 Å². The van der Waals surface area contributed by atoms with Gasteiger partial charge in [-0.1, -0.05) is 36.8 Å². The summed E-state index contributed by atoms with van der Waals surface area (Å²) in [6, 6.07) is 8.67. The highest BCUT2D eigenvalue weighted by Gasteiger charge is 2.13. The van der Waals surface area contributed by atoms with Gasteiger partial charge in [0.15, 0.2) is 0 Å². The van der Waals surface area contributed by atoms with Gasteiger partial charge in [0.1, 0.15) is 0 Å². The molecule has 23 heavy (non-hydrogen) atoms. The molecule has 0 heterocycles. The van der Waals surface area contributed by atoms with Gasteiger partial charge in [-0.25, -0.2) is 0 Å².